The molecule has 1 fully saturated rings. The molecule has 13 heavy (non-hydrogen) atoms. The second kappa shape index (κ2) is 3.64. The van der Waals surface area contributed by atoms with Crippen LogP contribution in [0.2, 0.25) is 0 Å². The normalized spacial score (nSPS) is 16.6. The first-order valence-corrected chi connectivity index (χ1v) is 4.18. The van der Waals surface area contributed by atoms with Crippen molar-refractivity contribution in [2.75, 3.05) is 27.2 Å². The SMILES string of the molecule is CN(C)C(=O)CC1CN(C(=O)O)C1. The van der Waals surface area contributed by atoms with Crippen LogP contribution in [0.15, 0.2) is 0 Å². The van der Waals surface area contributed by atoms with E-state index >= 15 is 0 Å². The highest BCUT2D eigenvalue weighted by Crippen LogP contribution is 2.19. The molecule has 1 rings (SSSR count). The van der Waals surface area contributed by atoms with Crippen molar-refractivity contribution in [3.05, 3.63) is 0 Å². The lowest BCUT2D eigenvalue weighted by atomic mass is 9.96. The summed E-state index contributed by atoms with van der Waals surface area (Å²) in [5.74, 6) is 0.279. The monoisotopic (exact) mass is 186 g/mol. The number of rotatable bonds is 2. The lowest BCUT2D eigenvalue weighted by Crippen LogP contribution is -2.50. The van der Waals surface area contributed by atoms with Gasteiger partial charge in [-0.15, -0.1) is 0 Å². The summed E-state index contributed by atoms with van der Waals surface area (Å²) in [7, 11) is 3.41. The highest BCUT2D eigenvalue weighted by Gasteiger charge is 2.31. The van der Waals surface area contributed by atoms with Crippen molar-refractivity contribution in [2.45, 2.75) is 6.42 Å². The van der Waals surface area contributed by atoms with Crippen molar-refractivity contribution in [3.63, 3.8) is 0 Å². The Bertz CT molecular complexity index is 221. The second-order valence-corrected chi connectivity index (χ2v) is 3.55. The van der Waals surface area contributed by atoms with E-state index in [0.717, 1.165) is 0 Å². The Kier molecular flexibility index (Phi) is 2.75. The first-order valence-electron chi connectivity index (χ1n) is 4.18. The molecule has 5 nitrogen and oxygen atoms in total. The Hall–Kier alpha value is -1.26. The summed E-state index contributed by atoms with van der Waals surface area (Å²) in [5.41, 5.74) is 0. The number of carbonyl (C=O) groups is 2. The van der Waals surface area contributed by atoms with Gasteiger partial charge in [-0.25, -0.2) is 4.79 Å². The van der Waals surface area contributed by atoms with Gasteiger partial charge in [-0.2, -0.15) is 0 Å². The molecule has 0 aromatic rings. The first-order chi connectivity index (χ1) is 6.00. The van der Waals surface area contributed by atoms with Gasteiger partial charge < -0.3 is 14.9 Å². The fourth-order valence-electron chi connectivity index (χ4n) is 1.28. The predicted octanol–water partition coefficient (Wildman–Crippen LogP) is 0.0745. The molecule has 0 aromatic carbocycles. The fourth-order valence-corrected chi connectivity index (χ4v) is 1.28. The minimum absolute atomic E-state index is 0.0649. The van der Waals surface area contributed by atoms with Gasteiger partial charge in [0.25, 0.3) is 0 Å². The van der Waals surface area contributed by atoms with Gasteiger partial charge in [-0.3, -0.25) is 4.79 Å². The van der Waals surface area contributed by atoms with Crippen LogP contribution in [0.5, 0.6) is 0 Å². The second-order valence-electron chi connectivity index (χ2n) is 3.55. The van der Waals surface area contributed by atoms with Gasteiger partial charge in [-0.05, 0) is 0 Å². The maximum atomic E-state index is 11.2. The van der Waals surface area contributed by atoms with E-state index in [-0.39, 0.29) is 11.8 Å². The van der Waals surface area contributed by atoms with Crippen molar-refractivity contribution in [1.82, 2.24) is 9.80 Å². The standard InChI is InChI=1S/C8H14N2O3/c1-9(2)7(11)3-6-4-10(5-6)8(12)13/h6H,3-5H2,1-2H3,(H,12,13). The highest BCUT2D eigenvalue weighted by molar-refractivity contribution is 5.76. The first kappa shape index (κ1) is 9.83. The minimum Gasteiger partial charge on any atom is -0.465 e. The lowest BCUT2D eigenvalue weighted by Gasteiger charge is -2.37. The van der Waals surface area contributed by atoms with Gasteiger partial charge in [0.2, 0.25) is 5.91 Å². The molecule has 1 N–H and O–H groups in total. The van der Waals surface area contributed by atoms with Crippen molar-refractivity contribution in [2.24, 2.45) is 5.92 Å². The summed E-state index contributed by atoms with van der Waals surface area (Å²) in [5, 5.41) is 8.52. The van der Waals surface area contributed by atoms with Crippen LogP contribution in [0, 0.1) is 5.92 Å². The molecule has 1 saturated heterocycles. The number of amides is 2. The molecule has 0 spiro atoms. The molecule has 1 aliphatic rings. The number of hydrogen-bond acceptors (Lipinski definition) is 2. The maximum Gasteiger partial charge on any atom is 0.407 e. The van der Waals surface area contributed by atoms with Gasteiger partial charge >= 0.3 is 6.09 Å². The number of nitrogens with zero attached hydrogens (tertiary/aromatic N) is 2. The summed E-state index contributed by atoms with van der Waals surface area (Å²) >= 11 is 0. The van der Waals surface area contributed by atoms with E-state index in [1.54, 1.807) is 14.1 Å². The zero-order valence-corrected chi connectivity index (χ0v) is 7.86. The van der Waals surface area contributed by atoms with E-state index in [1.807, 2.05) is 0 Å². The fraction of sp³-hybridized carbons (Fsp3) is 0.750. The Morgan fingerprint density at radius 1 is 1.46 bits per heavy atom. The smallest absolute Gasteiger partial charge is 0.407 e. The average Bonchev–Trinajstić information content (AvgIpc) is 1.94. The van der Waals surface area contributed by atoms with Crippen LogP contribution in [-0.4, -0.2) is 54.1 Å². The van der Waals surface area contributed by atoms with Gasteiger partial charge in [0.05, 0.1) is 0 Å². The highest BCUT2D eigenvalue weighted by atomic mass is 16.4. The third-order valence-electron chi connectivity index (χ3n) is 2.19. The summed E-state index contributed by atoms with van der Waals surface area (Å²) < 4.78 is 0. The van der Waals surface area contributed by atoms with E-state index < -0.39 is 6.09 Å². The van der Waals surface area contributed by atoms with Crippen LogP contribution in [0.4, 0.5) is 4.79 Å². The number of hydrogen-bond donors (Lipinski definition) is 1. The van der Waals surface area contributed by atoms with Gasteiger partial charge in [0.15, 0.2) is 0 Å². The topological polar surface area (TPSA) is 60.9 Å². The molecule has 74 valence electrons. The van der Waals surface area contributed by atoms with Gasteiger partial charge in [0.1, 0.15) is 0 Å². The van der Waals surface area contributed by atoms with Gasteiger partial charge in [-0.1, -0.05) is 0 Å². The number of likely N-dealkylation sites (tertiary alicyclic amines) is 1. The maximum absolute atomic E-state index is 11.2. The van der Waals surface area contributed by atoms with Crippen molar-refractivity contribution < 1.29 is 14.7 Å². The third kappa shape index (κ3) is 2.34. The summed E-state index contributed by atoms with van der Waals surface area (Å²) in [6, 6.07) is 0. The van der Waals surface area contributed by atoms with E-state index in [1.165, 1.54) is 9.80 Å². The molecule has 0 atom stereocenters. The number of carbonyl (C=O) groups excluding carboxylic acids is 1. The van der Waals surface area contributed by atoms with Crippen LogP contribution in [0.25, 0.3) is 0 Å². The summed E-state index contributed by atoms with van der Waals surface area (Å²) in [6.07, 6.45) is -0.440. The average molecular weight is 186 g/mol. The van der Waals surface area contributed by atoms with E-state index in [9.17, 15) is 9.59 Å². The molecule has 0 saturated carbocycles. The van der Waals surface area contributed by atoms with Crippen LogP contribution in [0.3, 0.4) is 0 Å². The van der Waals surface area contributed by atoms with Crippen LogP contribution in [-0.2, 0) is 4.79 Å². The molecule has 0 radical (unpaired) electrons. The molecule has 2 amide bonds. The number of carboxylic acid groups (broad SMARTS) is 1. The van der Waals surface area contributed by atoms with E-state index in [2.05, 4.69) is 0 Å². The van der Waals surface area contributed by atoms with Crippen molar-refractivity contribution in [1.29, 1.82) is 0 Å². The quantitative estimate of drug-likeness (QED) is 0.664. The largest absolute Gasteiger partial charge is 0.465 e. The molecular weight excluding hydrogens is 172 g/mol. The Morgan fingerprint density at radius 2 is 2.00 bits per heavy atom. The predicted molar refractivity (Wildman–Crippen MR) is 46.4 cm³/mol. The van der Waals surface area contributed by atoms with E-state index in [0.29, 0.717) is 19.5 Å². The van der Waals surface area contributed by atoms with Crippen molar-refractivity contribution >= 4 is 12.0 Å². The molecule has 5 heteroatoms. The summed E-state index contributed by atoms with van der Waals surface area (Å²) in [6.45, 7) is 0.990. The van der Waals surface area contributed by atoms with Crippen LogP contribution in [0.1, 0.15) is 6.42 Å². The molecule has 1 aliphatic heterocycles. The zero-order valence-electron chi connectivity index (χ0n) is 7.86. The molecule has 1 heterocycles. The van der Waals surface area contributed by atoms with Crippen LogP contribution >= 0.6 is 0 Å². The Labute approximate surface area is 76.9 Å². The van der Waals surface area contributed by atoms with Crippen molar-refractivity contribution in [3.8, 4) is 0 Å². The Balaban J connectivity index is 2.22. The summed E-state index contributed by atoms with van der Waals surface area (Å²) in [4.78, 5) is 24.4. The van der Waals surface area contributed by atoms with Gasteiger partial charge in [0, 0.05) is 39.5 Å². The molecule has 0 unspecified atom stereocenters. The molecule has 0 aliphatic carbocycles. The Morgan fingerprint density at radius 3 is 2.38 bits per heavy atom. The minimum atomic E-state index is -0.895. The third-order valence-corrected chi connectivity index (χ3v) is 2.19. The molecular formula is C8H14N2O3. The van der Waals surface area contributed by atoms with E-state index in [4.69, 9.17) is 5.11 Å². The molecule has 0 aromatic heterocycles. The zero-order chi connectivity index (χ0) is 10.0. The van der Waals surface area contributed by atoms with Crippen LogP contribution < -0.4 is 0 Å². The molecule has 0 bridgehead atoms. The lowest BCUT2D eigenvalue weighted by molar-refractivity contribution is -0.130.